The molecule has 0 saturated carbocycles. The van der Waals surface area contributed by atoms with E-state index >= 15 is 0 Å². The SMILES string of the molecule is CC(=O)O[C@@H]1[C@@H](OC(C)=O)[C@H](C)O[C@@H](O[C@@H]2[C@H]3OC(C)(C)O[C@H]3O[C@@H]2[C@H]2COC(C)(C)O2)[C@@H]1OC(C)=O. The molecule has 0 amide bonds. The molecule has 4 saturated heterocycles. The molecule has 0 unspecified atom stereocenters. The minimum atomic E-state index is -1.27. The van der Waals surface area contributed by atoms with Crippen molar-refractivity contribution in [3.8, 4) is 0 Å². The molecule has 0 aromatic carbocycles. The van der Waals surface area contributed by atoms with Gasteiger partial charge in [0.05, 0.1) is 12.7 Å². The highest BCUT2D eigenvalue weighted by Gasteiger charge is 2.61. The van der Waals surface area contributed by atoms with Crippen LogP contribution in [0.2, 0.25) is 0 Å². The molecule has 4 rings (SSSR count). The summed E-state index contributed by atoms with van der Waals surface area (Å²) in [6.45, 7) is 12.5. The summed E-state index contributed by atoms with van der Waals surface area (Å²) in [6, 6.07) is 0. The van der Waals surface area contributed by atoms with Gasteiger partial charge in [-0.2, -0.15) is 0 Å². The van der Waals surface area contributed by atoms with Gasteiger partial charge < -0.3 is 47.4 Å². The largest absolute Gasteiger partial charge is 0.456 e. The van der Waals surface area contributed by atoms with E-state index in [2.05, 4.69) is 0 Å². The van der Waals surface area contributed by atoms with Crippen LogP contribution in [0.25, 0.3) is 0 Å². The van der Waals surface area contributed by atoms with E-state index in [1.54, 1.807) is 34.6 Å². The number of hydrogen-bond acceptors (Lipinski definition) is 13. The lowest BCUT2D eigenvalue weighted by Crippen LogP contribution is -2.62. The summed E-state index contributed by atoms with van der Waals surface area (Å²) < 4.78 is 58.7. The number of carbonyl (C=O) groups is 3. The molecule has 0 bridgehead atoms. The quantitative estimate of drug-likeness (QED) is 0.354. The fourth-order valence-electron chi connectivity index (χ4n) is 5.07. The van der Waals surface area contributed by atoms with Crippen LogP contribution in [0, 0.1) is 0 Å². The zero-order valence-electron chi connectivity index (χ0n) is 22.3. The Morgan fingerprint density at radius 1 is 0.703 bits per heavy atom. The van der Waals surface area contributed by atoms with Gasteiger partial charge in [0.15, 0.2) is 42.5 Å². The Hall–Kier alpha value is -1.87. The minimum Gasteiger partial charge on any atom is -0.456 e. The Morgan fingerprint density at radius 3 is 1.86 bits per heavy atom. The van der Waals surface area contributed by atoms with Crippen molar-refractivity contribution in [3.05, 3.63) is 0 Å². The van der Waals surface area contributed by atoms with E-state index in [-0.39, 0.29) is 6.61 Å². The van der Waals surface area contributed by atoms with E-state index in [9.17, 15) is 14.4 Å². The first-order valence-electron chi connectivity index (χ1n) is 12.3. The average molecular weight is 533 g/mol. The first kappa shape index (κ1) is 28.1. The molecule has 0 aliphatic carbocycles. The van der Waals surface area contributed by atoms with Gasteiger partial charge in [-0.05, 0) is 34.6 Å². The monoisotopic (exact) mass is 532 g/mol. The molecule has 13 heteroatoms. The van der Waals surface area contributed by atoms with E-state index in [4.69, 9.17) is 47.4 Å². The number of esters is 3. The summed E-state index contributed by atoms with van der Waals surface area (Å²) in [7, 11) is 0. The maximum atomic E-state index is 12.1. The van der Waals surface area contributed by atoms with Crippen molar-refractivity contribution in [2.24, 2.45) is 0 Å². The van der Waals surface area contributed by atoms with Crippen molar-refractivity contribution in [1.82, 2.24) is 0 Å². The summed E-state index contributed by atoms with van der Waals surface area (Å²) in [6.07, 6.45) is -9.01. The molecule has 13 nitrogen and oxygen atoms in total. The van der Waals surface area contributed by atoms with Crippen molar-refractivity contribution in [3.63, 3.8) is 0 Å². The Morgan fingerprint density at radius 2 is 1.30 bits per heavy atom. The normalized spacial score (nSPS) is 42.2. The van der Waals surface area contributed by atoms with Crippen molar-refractivity contribution in [1.29, 1.82) is 0 Å². The van der Waals surface area contributed by atoms with Gasteiger partial charge in [-0.3, -0.25) is 14.4 Å². The molecule has 0 N–H and O–H groups in total. The van der Waals surface area contributed by atoms with Crippen LogP contribution in [0.5, 0.6) is 0 Å². The summed E-state index contributed by atoms with van der Waals surface area (Å²) in [5.41, 5.74) is 0. The highest BCUT2D eigenvalue weighted by molar-refractivity contribution is 5.68. The molecule has 0 aromatic rings. The lowest BCUT2D eigenvalue weighted by atomic mass is 9.98. The fourth-order valence-corrected chi connectivity index (χ4v) is 5.07. The van der Waals surface area contributed by atoms with E-state index in [0.29, 0.717) is 0 Å². The third kappa shape index (κ3) is 6.24. The van der Waals surface area contributed by atoms with E-state index < -0.39 is 90.9 Å². The molecule has 37 heavy (non-hydrogen) atoms. The van der Waals surface area contributed by atoms with Crippen molar-refractivity contribution < 1.29 is 61.8 Å². The second-order valence-corrected chi connectivity index (χ2v) is 10.5. The minimum absolute atomic E-state index is 0.236. The number of ether oxygens (including phenoxy) is 10. The number of rotatable bonds is 6. The number of fused-ring (bicyclic) bond motifs is 1. The first-order chi connectivity index (χ1) is 17.2. The molecule has 0 spiro atoms. The van der Waals surface area contributed by atoms with Crippen LogP contribution < -0.4 is 0 Å². The smallest absolute Gasteiger partial charge is 0.303 e. The maximum Gasteiger partial charge on any atom is 0.303 e. The van der Waals surface area contributed by atoms with Crippen LogP contribution in [0.1, 0.15) is 55.4 Å². The zero-order chi connectivity index (χ0) is 27.3. The number of hydrogen-bond donors (Lipinski definition) is 0. The van der Waals surface area contributed by atoms with Crippen molar-refractivity contribution in [2.75, 3.05) is 6.61 Å². The number of carbonyl (C=O) groups excluding carboxylic acids is 3. The van der Waals surface area contributed by atoms with E-state index in [1.165, 1.54) is 20.8 Å². The lowest BCUT2D eigenvalue weighted by Gasteiger charge is -2.44. The van der Waals surface area contributed by atoms with Crippen LogP contribution in [0.3, 0.4) is 0 Å². The standard InChI is InChI=1S/C24H36O13/c1-10-15(30-11(2)25)17(31-12(3)26)19(32-13(4)27)21(29-10)34-18-16(14-9-28-23(5,6)35-14)33-22-20(18)36-24(7,8)37-22/h10,14-22H,9H2,1-8H3/t10-,14+,15-,16+,17+,18-,19+,20+,21-,22+/m0/s1. The average Bonchev–Trinajstić information content (AvgIpc) is 3.36. The molecule has 0 aromatic heterocycles. The highest BCUT2D eigenvalue weighted by Crippen LogP contribution is 2.43. The molecule has 4 aliphatic rings. The predicted molar refractivity (Wildman–Crippen MR) is 119 cm³/mol. The van der Waals surface area contributed by atoms with Gasteiger partial charge in [0.2, 0.25) is 0 Å². The Balaban J connectivity index is 1.63. The van der Waals surface area contributed by atoms with Gasteiger partial charge in [0, 0.05) is 20.8 Å². The molecule has 4 heterocycles. The lowest BCUT2D eigenvalue weighted by molar-refractivity contribution is -0.323. The Kier molecular flexibility index (Phi) is 7.88. The Bertz CT molecular complexity index is 888. The molecule has 210 valence electrons. The van der Waals surface area contributed by atoms with Crippen LogP contribution in [-0.2, 0) is 61.8 Å². The summed E-state index contributed by atoms with van der Waals surface area (Å²) in [5, 5.41) is 0. The summed E-state index contributed by atoms with van der Waals surface area (Å²) in [4.78, 5) is 35.8. The van der Waals surface area contributed by atoms with Crippen LogP contribution >= 0.6 is 0 Å². The molecular weight excluding hydrogens is 496 g/mol. The van der Waals surface area contributed by atoms with Gasteiger partial charge in [0.1, 0.15) is 24.4 Å². The van der Waals surface area contributed by atoms with Gasteiger partial charge in [-0.15, -0.1) is 0 Å². The predicted octanol–water partition coefficient (Wildman–Crippen LogP) is 0.939. The fraction of sp³-hybridized carbons (Fsp3) is 0.875. The molecule has 0 radical (unpaired) electrons. The third-order valence-electron chi connectivity index (χ3n) is 6.35. The molecule has 4 aliphatic heterocycles. The molecular formula is C24H36O13. The van der Waals surface area contributed by atoms with E-state index in [1.807, 2.05) is 0 Å². The van der Waals surface area contributed by atoms with Gasteiger partial charge in [-0.25, -0.2) is 0 Å². The zero-order valence-corrected chi connectivity index (χ0v) is 22.3. The third-order valence-corrected chi connectivity index (χ3v) is 6.35. The first-order valence-corrected chi connectivity index (χ1v) is 12.3. The van der Waals surface area contributed by atoms with Gasteiger partial charge >= 0.3 is 17.9 Å². The van der Waals surface area contributed by atoms with Crippen molar-refractivity contribution in [2.45, 2.75) is 128 Å². The summed E-state index contributed by atoms with van der Waals surface area (Å²) >= 11 is 0. The van der Waals surface area contributed by atoms with E-state index in [0.717, 1.165) is 0 Å². The maximum absolute atomic E-state index is 12.1. The second-order valence-electron chi connectivity index (χ2n) is 10.5. The highest BCUT2D eigenvalue weighted by atomic mass is 16.9. The van der Waals surface area contributed by atoms with Crippen molar-refractivity contribution >= 4 is 17.9 Å². The van der Waals surface area contributed by atoms with Crippen LogP contribution in [0.15, 0.2) is 0 Å². The molecule has 10 atom stereocenters. The van der Waals surface area contributed by atoms with Crippen LogP contribution in [0.4, 0.5) is 0 Å². The molecule has 4 fully saturated rings. The topological polar surface area (TPSA) is 144 Å². The Labute approximate surface area is 215 Å². The summed E-state index contributed by atoms with van der Waals surface area (Å²) in [5.74, 6) is -3.73. The van der Waals surface area contributed by atoms with Gasteiger partial charge in [0.25, 0.3) is 0 Å². The van der Waals surface area contributed by atoms with Gasteiger partial charge in [-0.1, -0.05) is 0 Å². The van der Waals surface area contributed by atoms with Crippen LogP contribution in [-0.4, -0.2) is 97.5 Å². The second kappa shape index (κ2) is 10.4.